The fourth-order valence-corrected chi connectivity index (χ4v) is 3.53. The molecule has 0 aliphatic carbocycles. The Kier molecular flexibility index (Phi) is 4.24. The first-order chi connectivity index (χ1) is 10.1. The summed E-state index contributed by atoms with van der Waals surface area (Å²) in [5, 5.41) is 6.31. The highest BCUT2D eigenvalue weighted by molar-refractivity contribution is 7.17. The van der Waals surface area contributed by atoms with Gasteiger partial charge in [-0.2, -0.15) is 0 Å². The van der Waals surface area contributed by atoms with Gasteiger partial charge in [-0.05, 0) is 48.7 Å². The predicted molar refractivity (Wildman–Crippen MR) is 84.9 cm³/mol. The van der Waals surface area contributed by atoms with Crippen LogP contribution in [0.1, 0.15) is 32.1 Å². The standard InChI is InChI=1S/C15H16ClN3OS/c1-9-12(11-4-5-17-6-10(11)7-18-9)8-19-15(20)13-2-3-14(16)21-13/h2-3,7,17H,4-6,8H2,1H3,(H,19,20). The van der Waals surface area contributed by atoms with Gasteiger partial charge in [0, 0.05) is 25.0 Å². The van der Waals surface area contributed by atoms with E-state index in [-0.39, 0.29) is 5.91 Å². The maximum Gasteiger partial charge on any atom is 0.261 e. The maximum absolute atomic E-state index is 12.1. The van der Waals surface area contributed by atoms with Crippen molar-refractivity contribution in [2.75, 3.05) is 6.54 Å². The first-order valence-electron chi connectivity index (χ1n) is 6.85. The number of nitrogens with zero attached hydrogens (tertiary/aromatic N) is 1. The van der Waals surface area contributed by atoms with Gasteiger partial charge in [0.2, 0.25) is 0 Å². The van der Waals surface area contributed by atoms with E-state index in [4.69, 9.17) is 11.6 Å². The highest BCUT2D eigenvalue weighted by atomic mass is 35.5. The third kappa shape index (κ3) is 3.10. The number of thiophene rings is 1. The zero-order valence-electron chi connectivity index (χ0n) is 11.7. The van der Waals surface area contributed by atoms with E-state index >= 15 is 0 Å². The van der Waals surface area contributed by atoms with Crippen LogP contribution in [0.5, 0.6) is 0 Å². The molecule has 2 N–H and O–H groups in total. The molecule has 0 unspecified atom stereocenters. The molecule has 2 aromatic heterocycles. The largest absolute Gasteiger partial charge is 0.347 e. The summed E-state index contributed by atoms with van der Waals surface area (Å²) in [5.41, 5.74) is 4.69. The number of aromatic nitrogens is 1. The van der Waals surface area contributed by atoms with Crippen LogP contribution in [0.3, 0.4) is 0 Å². The van der Waals surface area contributed by atoms with Gasteiger partial charge in [-0.1, -0.05) is 11.6 Å². The van der Waals surface area contributed by atoms with Crippen LogP contribution in [0.2, 0.25) is 4.34 Å². The van der Waals surface area contributed by atoms with Crippen molar-refractivity contribution < 1.29 is 4.79 Å². The summed E-state index contributed by atoms with van der Waals surface area (Å²) in [6.07, 6.45) is 2.91. The minimum atomic E-state index is -0.0853. The van der Waals surface area contributed by atoms with Gasteiger partial charge in [-0.3, -0.25) is 9.78 Å². The first-order valence-corrected chi connectivity index (χ1v) is 8.05. The molecule has 0 spiro atoms. The van der Waals surface area contributed by atoms with Crippen LogP contribution >= 0.6 is 22.9 Å². The molecule has 3 heterocycles. The molecular weight excluding hydrogens is 306 g/mol. The molecule has 0 saturated heterocycles. The number of aryl methyl sites for hydroxylation is 1. The number of fused-ring (bicyclic) bond motifs is 1. The summed E-state index contributed by atoms with van der Waals surface area (Å²) in [4.78, 5) is 17.2. The number of pyridine rings is 1. The lowest BCUT2D eigenvalue weighted by atomic mass is 9.96. The van der Waals surface area contributed by atoms with Gasteiger partial charge in [0.05, 0.1) is 9.21 Å². The molecule has 1 aliphatic heterocycles. The number of carbonyl (C=O) groups is 1. The molecule has 110 valence electrons. The molecule has 0 saturated carbocycles. The minimum absolute atomic E-state index is 0.0853. The van der Waals surface area contributed by atoms with E-state index in [9.17, 15) is 4.79 Å². The van der Waals surface area contributed by atoms with Gasteiger partial charge in [-0.25, -0.2) is 0 Å². The van der Waals surface area contributed by atoms with Crippen molar-refractivity contribution in [3.8, 4) is 0 Å². The predicted octanol–water partition coefficient (Wildman–Crippen LogP) is 2.68. The topological polar surface area (TPSA) is 54.0 Å². The van der Waals surface area contributed by atoms with Gasteiger partial charge < -0.3 is 10.6 Å². The summed E-state index contributed by atoms with van der Waals surface area (Å²) in [6, 6.07) is 3.49. The van der Waals surface area contributed by atoms with Gasteiger partial charge >= 0.3 is 0 Å². The van der Waals surface area contributed by atoms with E-state index in [2.05, 4.69) is 15.6 Å². The molecular formula is C15H16ClN3OS. The molecule has 1 amide bonds. The third-order valence-electron chi connectivity index (χ3n) is 3.69. The molecule has 6 heteroatoms. The number of rotatable bonds is 3. The van der Waals surface area contributed by atoms with Crippen LogP contribution < -0.4 is 10.6 Å². The summed E-state index contributed by atoms with van der Waals surface area (Å²) in [5.74, 6) is -0.0853. The number of hydrogen-bond acceptors (Lipinski definition) is 4. The number of nitrogens with one attached hydrogen (secondary N) is 2. The molecule has 0 fully saturated rings. The van der Waals surface area contributed by atoms with Gasteiger partial charge in [0.25, 0.3) is 5.91 Å². The smallest absolute Gasteiger partial charge is 0.261 e. The van der Waals surface area contributed by atoms with E-state index in [1.165, 1.54) is 22.5 Å². The van der Waals surface area contributed by atoms with Crippen LogP contribution in [-0.2, 0) is 19.5 Å². The SMILES string of the molecule is Cc1ncc2c(c1CNC(=O)c1ccc(Cl)s1)CCNC2. The molecule has 0 atom stereocenters. The maximum atomic E-state index is 12.1. The average molecular weight is 322 g/mol. The molecule has 4 nitrogen and oxygen atoms in total. The Hall–Kier alpha value is -1.43. The number of amides is 1. The van der Waals surface area contributed by atoms with Gasteiger partial charge in [0.15, 0.2) is 0 Å². The summed E-state index contributed by atoms with van der Waals surface area (Å²) in [6.45, 7) is 4.32. The molecule has 0 aromatic carbocycles. The molecule has 21 heavy (non-hydrogen) atoms. The third-order valence-corrected chi connectivity index (χ3v) is 4.92. The Bertz CT molecular complexity index is 684. The summed E-state index contributed by atoms with van der Waals surface area (Å²) >= 11 is 7.16. The van der Waals surface area contributed by atoms with Gasteiger partial charge in [-0.15, -0.1) is 11.3 Å². The van der Waals surface area contributed by atoms with E-state index in [0.29, 0.717) is 15.8 Å². The van der Waals surface area contributed by atoms with Crippen LogP contribution in [-0.4, -0.2) is 17.4 Å². The van der Waals surface area contributed by atoms with Gasteiger partial charge in [0.1, 0.15) is 0 Å². The number of hydrogen-bond donors (Lipinski definition) is 2. The average Bonchev–Trinajstić information content (AvgIpc) is 2.92. The Morgan fingerprint density at radius 3 is 3.14 bits per heavy atom. The van der Waals surface area contributed by atoms with Crippen molar-refractivity contribution >= 4 is 28.8 Å². The number of carbonyl (C=O) groups excluding carboxylic acids is 1. The van der Waals surface area contributed by atoms with Crippen molar-refractivity contribution in [2.45, 2.75) is 26.4 Å². The molecule has 3 rings (SSSR count). The van der Waals surface area contributed by atoms with E-state index < -0.39 is 0 Å². The van der Waals surface area contributed by atoms with Crippen LogP contribution in [0, 0.1) is 6.92 Å². The van der Waals surface area contributed by atoms with Crippen LogP contribution in [0.15, 0.2) is 18.3 Å². The van der Waals surface area contributed by atoms with Crippen LogP contribution in [0.25, 0.3) is 0 Å². The monoisotopic (exact) mass is 321 g/mol. The van der Waals surface area contributed by atoms with Crippen molar-refractivity contribution in [3.63, 3.8) is 0 Å². The highest BCUT2D eigenvalue weighted by Gasteiger charge is 2.17. The second kappa shape index (κ2) is 6.13. The van der Waals surface area contributed by atoms with E-state index in [0.717, 1.165) is 30.8 Å². The molecule has 1 aliphatic rings. The lowest BCUT2D eigenvalue weighted by molar-refractivity contribution is 0.0955. The molecule has 0 bridgehead atoms. The Morgan fingerprint density at radius 2 is 2.38 bits per heavy atom. The summed E-state index contributed by atoms with van der Waals surface area (Å²) < 4.78 is 0.626. The van der Waals surface area contributed by atoms with Crippen molar-refractivity contribution in [1.82, 2.24) is 15.6 Å². The van der Waals surface area contributed by atoms with E-state index in [1.54, 1.807) is 12.1 Å². The minimum Gasteiger partial charge on any atom is -0.347 e. The molecule has 0 radical (unpaired) electrons. The zero-order valence-corrected chi connectivity index (χ0v) is 13.3. The second-order valence-electron chi connectivity index (χ2n) is 5.04. The normalized spacial score (nSPS) is 13.8. The van der Waals surface area contributed by atoms with E-state index in [1.807, 2.05) is 13.1 Å². The Morgan fingerprint density at radius 1 is 1.52 bits per heavy atom. The lowest BCUT2D eigenvalue weighted by Crippen LogP contribution is -2.28. The Balaban J connectivity index is 1.77. The quantitative estimate of drug-likeness (QED) is 0.914. The molecule has 2 aromatic rings. The zero-order chi connectivity index (χ0) is 14.8. The van der Waals surface area contributed by atoms with Crippen molar-refractivity contribution in [1.29, 1.82) is 0 Å². The van der Waals surface area contributed by atoms with Crippen molar-refractivity contribution in [2.24, 2.45) is 0 Å². The van der Waals surface area contributed by atoms with Crippen molar-refractivity contribution in [3.05, 3.63) is 49.9 Å². The van der Waals surface area contributed by atoms with Crippen LogP contribution in [0.4, 0.5) is 0 Å². The second-order valence-corrected chi connectivity index (χ2v) is 6.75. The summed E-state index contributed by atoms with van der Waals surface area (Å²) in [7, 11) is 0. The lowest BCUT2D eigenvalue weighted by Gasteiger charge is -2.21. The fourth-order valence-electron chi connectivity index (χ4n) is 2.57. The fraction of sp³-hybridized carbons (Fsp3) is 0.333. The Labute approximate surface area is 132 Å². The number of halogens is 1. The first kappa shape index (κ1) is 14.5. The highest BCUT2D eigenvalue weighted by Crippen LogP contribution is 2.22.